The maximum Gasteiger partial charge on any atom is 0.315 e. The maximum absolute atomic E-state index is 12.9. The van der Waals surface area contributed by atoms with E-state index in [0.717, 1.165) is 64.4 Å². The number of rotatable bonds is 14. The Morgan fingerprint density at radius 3 is 2.05 bits per heavy atom. The summed E-state index contributed by atoms with van der Waals surface area (Å²) in [5, 5.41) is 15.5. The number of hydrogen-bond donors (Lipinski definition) is 3. The Bertz CT molecular complexity index is 2090. The van der Waals surface area contributed by atoms with Crippen molar-refractivity contribution in [3.05, 3.63) is 166 Å². The van der Waals surface area contributed by atoms with Crippen LogP contribution in [0.4, 0.5) is 4.79 Å². The summed E-state index contributed by atoms with van der Waals surface area (Å²) in [5.41, 5.74) is 8.15. The van der Waals surface area contributed by atoms with Gasteiger partial charge < -0.3 is 34.7 Å². The molecule has 2 amide bonds. The molecule has 0 radical (unpaired) electrons. The zero-order valence-electron chi connectivity index (χ0n) is 32.7. The van der Waals surface area contributed by atoms with Gasteiger partial charge >= 0.3 is 6.03 Å². The van der Waals surface area contributed by atoms with E-state index in [0.29, 0.717) is 13.0 Å². The van der Waals surface area contributed by atoms with Crippen molar-refractivity contribution in [2.24, 2.45) is 0 Å². The van der Waals surface area contributed by atoms with Gasteiger partial charge in [-0.2, -0.15) is 0 Å². The Morgan fingerprint density at radius 1 is 0.772 bits per heavy atom. The number of methoxy groups -OCH3 is 2. The predicted molar refractivity (Wildman–Crippen MR) is 218 cm³/mol. The van der Waals surface area contributed by atoms with Gasteiger partial charge in [-0.05, 0) is 70.8 Å². The number of hydrogen-bond acceptors (Lipinski definition) is 8. The molecule has 296 valence electrons. The highest BCUT2D eigenvalue weighted by Gasteiger charge is 2.43. The SMILES string of the molecule is COc1cc2c(cc1OC)CN(C[C@H]1OC(c3ccc(CNC(=O)N[C@H](Cc4ccccc4)C(C)=O)cc3)O[C@@H](c3ccc(CO)cc3)[C@@H]1c1ccccc1)CC2. The van der Waals surface area contributed by atoms with Crippen LogP contribution in [0.3, 0.4) is 0 Å². The number of benzene rings is 5. The average molecular weight is 770 g/mol. The standard InChI is InChI=1S/C47H51N3O7/c1-31(52)40(24-32-10-6-4-7-11-32)49-47(53)48-27-33-14-20-37(21-15-33)46-56-43(29-50-23-22-38-25-41(54-2)42(55-3)26-39(38)28-50)44(35-12-8-5-9-13-35)45(57-46)36-18-16-34(30-51)17-19-36/h4-21,25-26,40,43-46,51H,22-24,27-30H2,1-3H3,(H2,48,49,53)/t40-,43-,44-,45+,46?/m1/s1. The molecular formula is C47H51N3O7. The van der Waals surface area contributed by atoms with Gasteiger partial charge in [-0.25, -0.2) is 4.79 Å². The van der Waals surface area contributed by atoms with Gasteiger partial charge in [-0.15, -0.1) is 0 Å². The fourth-order valence-corrected chi connectivity index (χ4v) is 7.85. The molecule has 0 bridgehead atoms. The number of nitrogens with one attached hydrogen (secondary N) is 2. The van der Waals surface area contributed by atoms with Crippen molar-refractivity contribution in [2.75, 3.05) is 27.3 Å². The Hall–Kier alpha value is -5.52. The van der Waals surface area contributed by atoms with Crippen molar-refractivity contribution in [1.29, 1.82) is 0 Å². The fourth-order valence-electron chi connectivity index (χ4n) is 7.85. The van der Waals surface area contributed by atoms with Gasteiger partial charge in [0.25, 0.3) is 0 Å². The van der Waals surface area contributed by atoms with E-state index >= 15 is 0 Å². The molecule has 5 atom stereocenters. The molecule has 10 nitrogen and oxygen atoms in total. The zero-order valence-corrected chi connectivity index (χ0v) is 32.7. The number of Topliss-reactive ketones (excluding diaryl/α,β-unsaturated/α-hetero) is 1. The summed E-state index contributed by atoms with van der Waals surface area (Å²) in [5.74, 6) is 1.23. The summed E-state index contributed by atoms with van der Waals surface area (Å²) in [7, 11) is 3.33. The van der Waals surface area contributed by atoms with E-state index in [1.807, 2.05) is 84.9 Å². The van der Waals surface area contributed by atoms with E-state index in [2.05, 4.69) is 51.9 Å². The van der Waals surface area contributed by atoms with Crippen molar-refractivity contribution in [1.82, 2.24) is 15.5 Å². The number of amides is 2. The summed E-state index contributed by atoms with van der Waals surface area (Å²) >= 11 is 0. The number of aliphatic hydroxyl groups is 1. The summed E-state index contributed by atoms with van der Waals surface area (Å²) in [6.45, 7) is 4.00. The van der Waals surface area contributed by atoms with Crippen molar-refractivity contribution in [2.45, 2.75) is 69.9 Å². The molecule has 2 aliphatic rings. The van der Waals surface area contributed by atoms with Crippen LogP contribution in [-0.2, 0) is 46.8 Å². The number of nitrogens with zero attached hydrogens (tertiary/aromatic N) is 1. The quantitative estimate of drug-likeness (QED) is 0.109. The summed E-state index contributed by atoms with van der Waals surface area (Å²) in [4.78, 5) is 27.7. The Morgan fingerprint density at radius 2 is 1.40 bits per heavy atom. The van der Waals surface area contributed by atoms with E-state index in [1.165, 1.54) is 18.1 Å². The van der Waals surface area contributed by atoms with E-state index in [9.17, 15) is 14.7 Å². The van der Waals surface area contributed by atoms with E-state index in [-0.39, 0.29) is 37.1 Å². The van der Waals surface area contributed by atoms with Crippen LogP contribution in [-0.4, -0.2) is 61.3 Å². The van der Waals surface area contributed by atoms with Gasteiger partial charge in [0.1, 0.15) is 0 Å². The van der Waals surface area contributed by atoms with Crippen LogP contribution in [0, 0.1) is 0 Å². The molecule has 1 unspecified atom stereocenters. The molecule has 57 heavy (non-hydrogen) atoms. The van der Waals surface area contributed by atoms with Crippen LogP contribution in [0.25, 0.3) is 0 Å². The third kappa shape index (κ3) is 9.72. The van der Waals surface area contributed by atoms with Crippen molar-refractivity contribution < 1.29 is 33.6 Å². The molecule has 5 aromatic rings. The average Bonchev–Trinajstić information content (AvgIpc) is 3.25. The molecule has 0 aliphatic carbocycles. The monoisotopic (exact) mass is 769 g/mol. The summed E-state index contributed by atoms with van der Waals surface area (Å²) in [6, 6.07) is 39.0. The first-order valence-corrected chi connectivity index (χ1v) is 19.5. The van der Waals surface area contributed by atoms with Gasteiger partial charge in [0.15, 0.2) is 23.6 Å². The van der Waals surface area contributed by atoms with Crippen LogP contribution in [0.1, 0.15) is 69.7 Å². The van der Waals surface area contributed by atoms with Gasteiger partial charge in [-0.3, -0.25) is 9.69 Å². The minimum absolute atomic E-state index is 0.0385. The van der Waals surface area contributed by atoms with Gasteiger partial charge in [0.2, 0.25) is 0 Å². The highest BCUT2D eigenvalue weighted by atomic mass is 16.7. The Labute approximate surface area is 334 Å². The van der Waals surface area contributed by atoms with Crippen molar-refractivity contribution in [3.63, 3.8) is 0 Å². The number of urea groups is 1. The third-order valence-electron chi connectivity index (χ3n) is 11.0. The van der Waals surface area contributed by atoms with Crippen LogP contribution in [0.5, 0.6) is 11.5 Å². The molecule has 0 aromatic heterocycles. The number of aliphatic hydroxyl groups excluding tert-OH is 1. The van der Waals surface area contributed by atoms with Gasteiger partial charge in [0, 0.05) is 37.7 Å². The Balaban J connectivity index is 1.11. The molecule has 0 saturated carbocycles. The molecule has 1 fully saturated rings. The second-order valence-electron chi connectivity index (χ2n) is 14.8. The minimum atomic E-state index is -0.668. The third-order valence-corrected chi connectivity index (χ3v) is 11.0. The van der Waals surface area contributed by atoms with Crippen molar-refractivity contribution >= 4 is 11.8 Å². The van der Waals surface area contributed by atoms with Crippen LogP contribution >= 0.6 is 0 Å². The topological polar surface area (TPSA) is 119 Å². The van der Waals surface area contributed by atoms with Crippen LogP contribution < -0.4 is 20.1 Å². The summed E-state index contributed by atoms with van der Waals surface area (Å²) < 4.78 is 25.2. The van der Waals surface area contributed by atoms with E-state index in [4.69, 9.17) is 18.9 Å². The molecular weight excluding hydrogens is 719 g/mol. The number of ketones is 1. The lowest BCUT2D eigenvalue weighted by Crippen LogP contribution is -2.46. The second-order valence-corrected chi connectivity index (χ2v) is 14.8. The minimum Gasteiger partial charge on any atom is -0.493 e. The number of carbonyl (C=O) groups is 2. The normalized spacial score (nSPS) is 19.9. The molecule has 2 heterocycles. The van der Waals surface area contributed by atoms with E-state index < -0.39 is 18.4 Å². The van der Waals surface area contributed by atoms with Crippen LogP contribution in [0.2, 0.25) is 0 Å². The molecule has 7 rings (SSSR count). The zero-order chi connectivity index (χ0) is 39.7. The molecule has 3 N–H and O–H groups in total. The number of carbonyl (C=O) groups excluding carboxylic acids is 2. The first-order chi connectivity index (χ1) is 27.8. The Kier molecular flexibility index (Phi) is 13.0. The van der Waals surface area contributed by atoms with Gasteiger partial charge in [0.05, 0.1) is 39.1 Å². The molecule has 5 aromatic carbocycles. The lowest BCUT2D eigenvalue weighted by atomic mass is 9.82. The first kappa shape index (κ1) is 39.7. The van der Waals surface area contributed by atoms with Crippen LogP contribution in [0.15, 0.2) is 121 Å². The van der Waals surface area contributed by atoms with Crippen molar-refractivity contribution in [3.8, 4) is 11.5 Å². The molecule has 10 heteroatoms. The van der Waals surface area contributed by atoms with Gasteiger partial charge in [-0.1, -0.05) is 109 Å². The maximum atomic E-state index is 12.9. The fraction of sp³-hybridized carbons (Fsp3) is 0.319. The highest BCUT2D eigenvalue weighted by molar-refractivity contribution is 5.87. The largest absolute Gasteiger partial charge is 0.493 e. The first-order valence-electron chi connectivity index (χ1n) is 19.5. The molecule has 2 aliphatic heterocycles. The second kappa shape index (κ2) is 18.6. The number of ether oxygens (including phenoxy) is 4. The highest BCUT2D eigenvalue weighted by Crippen LogP contribution is 2.47. The smallest absolute Gasteiger partial charge is 0.315 e. The van der Waals surface area contributed by atoms with E-state index in [1.54, 1.807) is 14.2 Å². The predicted octanol–water partition coefficient (Wildman–Crippen LogP) is 7.19. The lowest BCUT2D eigenvalue weighted by Gasteiger charge is -2.45. The molecule has 1 saturated heterocycles. The summed E-state index contributed by atoms with van der Waals surface area (Å²) in [6.07, 6.45) is 0.0396. The lowest BCUT2D eigenvalue weighted by molar-refractivity contribution is -0.263. The number of fused-ring (bicyclic) bond motifs is 1. The molecule has 0 spiro atoms.